The molecule has 0 saturated carbocycles. The van der Waals surface area contributed by atoms with E-state index in [1.165, 1.54) is 11.6 Å². The zero-order valence-electron chi connectivity index (χ0n) is 14.2. The summed E-state index contributed by atoms with van der Waals surface area (Å²) in [5, 5.41) is 8.83. The van der Waals surface area contributed by atoms with E-state index < -0.39 is 5.82 Å². The highest BCUT2D eigenvalue weighted by Gasteiger charge is 2.23. The van der Waals surface area contributed by atoms with Crippen molar-refractivity contribution >= 4 is 11.6 Å². The summed E-state index contributed by atoms with van der Waals surface area (Å²) in [5.74, 6) is -0.378. The number of aryl methyl sites for hydroxylation is 1. The Morgan fingerprint density at radius 3 is 2.36 bits per heavy atom. The van der Waals surface area contributed by atoms with E-state index in [0.29, 0.717) is 43.0 Å². The van der Waals surface area contributed by atoms with Crippen molar-refractivity contribution in [3.63, 3.8) is 0 Å². The van der Waals surface area contributed by atoms with Crippen molar-refractivity contribution in [2.45, 2.75) is 13.3 Å². The second kappa shape index (κ2) is 7.35. The van der Waals surface area contributed by atoms with Crippen LogP contribution in [0.2, 0.25) is 0 Å². The lowest BCUT2D eigenvalue weighted by Crippen LogP contribution is -2.49. The van der Waals surface area contributed by atoms with Crippen molar-refractivity contribution in [3.05, 3.63) is 65.0 Å². The van der Waals surface area contributed by atoms with Crippen molar-refractivity contribution in [1.82, 2.24) is 4.90 Å². The molecule has 1 fully saturated rings. The Labute approximate surface area is 147 Å². The van der Waals surface area contributed by atoms with Crippen LogP contribution in [0.5, 0.6) is 0 Å². The lowest BCUT2D eigenvalue weighted by molar-refractivity contribution is 0.0746. The molecule has 0 radical (unpaired) electrons. The molecule has 0 bridgehead atoms. The lowest BCUT2D eigenvalue weighted by atomic mass is 10.1. The number of nitrogens with zero attached hydrogens (tertiary/aromatic N) is 3. The quantitative estimate of drug-likeness (QED) is 0.864. The van der Waals surface area contributed by atoms with Crippen molar-refractivity contribution in [2.24, 2.45) is 0 Å². The zero-order chi connectivity index (χ0) is 17.8. The topological polar surface area (TPSA) is 47.3 Å². The molecule has 0 spiro atoms. The molecule has 1 amide bonds. The van der Waals surface area contributed by atoms with E-state index in [4.69, 9.17) is 5.26 Å². The molecule has 0 aliphatic carbocycles. The summed E-state index contributed by atoms with van der Waals surface area (Å²) in [7, 11) is 0. The number of hydrogen-bond acceptors (Lipinski definition) is 3. The minimum absolute atomic E-state index is 0.0163. The van der Waals surface area contributed by atoms with Crippen molar-refractivity contribution in [3.8, 4) is 6.07 Å². The summed E-state index contributed by atoms with van der Waals surface area (Å²) in [6.07, 6.45) is 0.948. The van der Waals surface area contributed by atoms with E-state index in [1.807, 2.05) is 35.2 Å². The van der Waals surface area contributed by atoms with Crippen molar-refractivity contribution < 1.29 is 9.18 Å². The van der Waals surface area contributed by atoms with Crippen LogP contribution in [0.4, 0.5) is 10.1 Å². The number of carbonyl (C=O) groups excluding carboxylic acids is 1. The third-order valence-corrected chi connectivity index (χ3v) is 4.59. The monoisotopic (exact) mass is 337 g/mol. The van der Waals surface area contributed by atoms with Crippen LogP contribution in [0.3, 0.4) is 0 Å². The van der Waals surface area contributed by atoms with Gasteiger partial charge in [0, 0.05) is 31.7 Å². The smallest absolute Gasteiger partial charge is 0.253 e. The molecule has 1 aliphatic rings. The molecule has 2 aromatic carbocycles. The van der Waals surface area contributed by atoms with Crippen molar-refractivity contribution in [2.75, 3.05) is 31.1 Å². The minimum Gasteiger partial charge on any atom is -0.366 e. The molecule has 4 nitrogen and oxygen atoms in total. The summed E-state index contributed by atoms with van der Waals surface area (Å²) in [5.41, 5.74) is 2.69. The van der Waals surface area contributed by atoms with Crippen LogP contribution in [0, 0.1) is 17.1 Å². The average Bonchev–Trinajstić information content (AvgIpc) is 2.67. The fourth-order valence-corrected chi connectivity index (χ4v) is 3.05. The largest absolute Gasteiger partial charge is 0.366 e. The van der Waals surface area contributed by atoms with Crippen LogP contribution < -0.4 is 4.90 Å². The molecule has 2 aromatic rings. The summed E-state index contributed by atoms with van der Waals surface area (Å²) in [4.78, 5) is 16.3. The van der Waals surface area contributed by atoms with Crippen LogP contribution in [0.25, 0.3) is 0 Å². The summed E-state index contributed by atoms with van der Waals surface area (Å²) in [6.45, 7) is 4.32. The molecule has 0 atom stereocenters. The number of benzene rings is 2. The third-order valence-electron chi connectivity index (χ3n) is 4.59. The molecule has 1 aliphatic heterocycles. The van der Waals surface area contributed by atoms with Crippen LogP contribution in [-0.4, -0.2) is 37.0 Å². The fraction of sp³-hybridized carbons (Fsp3) is 0.300. The number of anilines is 1. The van der Waals surface area contributed by atoms with Gasteiger partial charge in [0.05, 0.1) is 17.3 Å². The van der Waals surface area contributed by atoms with E-state index in [2.05, 4.69) is 6.92 Å². The second-order valence-electron chi connectivity index (χ2n) is 6.11. The molecule has 0 unspecified atom stereocenters. The standard InChI is InChI=1S/C20H20FN3O/c1-2-15-3-6-17(7-4-15)20(25)24-11-9-23(10-12-24)19-8-5-16(14-22)13-18(19)21/h3-8,13H,2,9-12H2,1H3. The van der Waals surface area contributed by atoms with Gasteiger partial charge in [-0.15, -0.1) is 0 Å². The van der Waals surface area contributed by atoms with Gasteiger partial charge in [-0.3, -0.25) is 4.79 Å². The second-order valence-corrected chi connectivity index (χ2v) is 6.11. The van der Waals surface area contributed by atoms with Crippen LogP contribution >= 0.6 is 0 Å². The highest BCUT2D eigenvalue weighted by atomic mass is 19.1. The molecule has 1 heterocycles. The van der Waals surface area contributed by atoms with Gasteiger partial charge in [-0.05, 0) is 42.3 Å². The van der Waals surface area contributed by atoms with Gasteiger partial charge in [-0.2, -0.15) is 5.26 Å². The maximum atomic E-state index is 14.1. The van der Waals surface area contributed by atoms with Gasteiger partial charge >= 0.3 is 0 Å². The molecule has 0 aromatic heterocycles. The highest BCUT2D eigenvalue weighted by Crippen LogP contribution is 2.22. The van der Waals surface area contributed by atoms with Gasteiger partial charge in [-0.25, -0.2) is 4.39 Å². The summed E-state index contributed by atoms with van der Waals surface area (Å²) in [6, 6.07) is 14.1. The SMILES string of the molecule is CCc1ccc(C(=O)N2CCN(c3ccc(C#N)cc3F)CC2)cc1. The first kappa shape index (κ1) is 17.0. The first-order chi connectivity index (χ1) is 12.1. The molecule has 128 valence electrons. The van der Waals surface area contributed by atoms with E-state index >= 15 is 0 Å². The maximum absolute atomic E-state index is 14.1. The Bertz CT molecular complexity index is 803. The normalized spacial score (nSPS) is 14.3. The molecule has 3 rings (SSSR count). The molecule has 5 heteroatoms. The Morgan fingerprint density at radius 1 is 1.12 bits per heavy atom. The number of hydrogen-bond donors (Lipinski definition) is 0. The minimum atomic E-state index is -0.394. The average molecular weight is 337 g/mol. The number of halogens is 1. The van der Waals surface area contributed by atoms with E-state index in [9.17, 15) is 9.18 Å². The van der Waals surface area contributed by atoms with Gasteiger partial charge in [0.1, 0.15) is 5.82 Å². The predicted octanol–water partition coefficient (Wildman–Crippen LogP) is 3.22. The van der Waals surface area contributed by atoms with Gasteiger partial charge in [0.15, 0.2) is 0 Å². The number of piperazine rings is 1. The predicted molar refractivity (Wildman–Crippen MR) is 95.1 cm³/mol. The number of nitriles is 1. The third kappa shape index (κ3) is 3.63. The molecular weight excluding hydrogens is 317 g/mol. The van der Waals surface area contributed by atoms with E-state index in [0.717, 1.165) is 6.42 Å². The first-order valence-corrected chi connectivity index (χ1v) is 8.45. The van der Waals surface area contributed by atoms with E-state index in [-0.39, 0.29) is 5.91 Å². The number of carbonyl (C=O) groups is 1. The lowest BCUT2D eigenvalue weighted by Gasteiger charge is -2.36. The Kier molecular flexibility index (Phi) is 4.99. The Balaban J connectivity index is 1.65. The fourth-order valence-electron chi connectivity index (χ4n) is 3.05. The van der Waals surface area contributed by atoms with Crippen LogP contribution in [-0.2, 0) is 6.42 Å². The van der Waals surface area contributed by atoms with Crippen LogP contribution in [0.15, 0.2) is 42.5 Å². The first-order valence-electron chi connectivity index (χ1n) is 8.45. The number of rotatable bonds is 3. The van der Waals surface area contributed by atoms with Crippen molar-refractivity contribution in [1.29, 1.82) is 5.26 Å². The summed E-state index contributed by atoms with van der Waals surface area (Å²) >= 11 is 0. The van der Waals surface area contributed by atoms with Gasteiger partial charge in [0.25, 0.3) is 5.91 Å². The molecule has 0 N–H and O–H groups in total. The van der Waals surface area contributed by atoms with Gasteiger partial charge < -0.3 is 9.80 Å². The zero-order valence-corrected chi connectivity index (χ0v) is 14.2. The number of amides is 1. The summed E-state index contributed by atoms with van der Waals surface area (Å²) < 4.78 is 14.1. The maximum Gasteiger partial charge on any atom is 0.253 e. The van der Waals surface area contributed by atoms with Crippen LogP contribution in [0.1, 0.15) is 28.4 Å². The Hall–Kier alpha value is -2.87. The van der Waals surface area contributed by atoms with Gasteiger partial charge in [-0.1, -0.05) is 19.1 Å². The molecular formula is C20H20FN3O. The van der Waals surface area contributed by atoms with E-state index in [1.54, 1.807) is 17.0 Å². The molecule has 25 heavy (non-hydrogen) atoms. The van der Waals surface area contributed by atoms with Gasteiger partial charge in [0.2, 0.25) is 0 Å². The molecule has 1 saturated heterocycles. The highest BCUT2D eigenvalue weighted by molar-refractivity contribution is 5.94. The Morgan fingerprint density at radius 2 is 1.80 bits per heavy atom.